The highest BCUT2D eigenvalue weighted by Crippen LogP contribution is 2.32. The van der Waals surface area contributed by atoms with E-state index in [9.17, 15) is 9.59 Å². The minimum Gasteiger partial charge on any atom is -0.482 e. The SMILES string of the molecule is Cc1cc(OCC(=O)OCC(=O)c2c(C)[nH]c3ccccc23)c(C(C)C)cc1Cl. The second-order valence-corrected chi connectivity index (χ2v) is 7.74. The van der Waals surface area contributed by atoms with Gasteiger partial charge >= 0.3 is 5.97 Å². The molecule has 0 unspecified atom stereocenters. The Labute approximate surface area is 175 Å². The van der Waals surface area contributed by atoms with Gasteiger partial charge in [0.25, 0.3) is 0 Å². The first kappa shape index (κ1) is 20.9. The monoisotopic (exact) mass is 413 g/mol. The van der Waals surface area contributed by atoms with E-state index in [1.54, 1.807) is 0 Å². The van der Waals surface area contributed by atoms with E-state index in [0.717, 1.165) is 27.7 Å². The second kappa shape index (κ2) is 8.70. The zero-order valence-corrected chi connectivity index (χ0v) is 17.7. The molecule has 0 aliphatic heterocycles. The van der Waals surface area contributed by atoms with Crippen LogP contribution in [-0.2, 0) is 9.53 Å². The number of rotatable bonds is 7. The molecule has 152 valence electrons. The van der Waals surface area contributed by atoms with Crippen LogP contribution in [0.2, 0.25) is 5.02 Å². The van der Waals surface area contributed by atoms with Gasteiger partial charge in [0.1, 0.15) is 5.75 Å². The van der Waals surface area contributed by atoms with E-state index >= 15 is 0 Å². The summed E-state index contributed by atoms with van der Waals surface area (Å²) in [5, 5.41) is 1.48. The zero-order chi connectivity index (χ0) is 21.1. The number of benzene rings is 2. The molecule has 1 aromatic heterocycles. The highest BCUT2D eigenvalue weighted by atomic mass is 35.5. The molecule has 6 heteroatoms. The number of para-hydroxylation sites is 1. The molecular weight excluding hydrogens is 390 g/mol. The molecule has 0 spiro atoms. The number of carbonyl (C=O) groups excluding carboxylic acids is 2. The van der Waals surface area contributed by atoms with Gasteiger partial charge in [-0.3, -0.25) is 4.79 Å². The third kappa shape index (κ3) is 4.62. The molecule has 0 atom stereocenters. The number of hydrogen-bond acceptors (Lipinski definition) is 4. The Morgan fingerprint density at radius 3 is 2.55 bits per heavy atom. The zero-order valence-electron chi connectivity index (χ0n) is 17.0. The van der Waals surface area contributed by atoms with Gasteiger partial charge in [-0.05, 0) is 49.1 Å². The van der Waals surface area contributed by atoms with Gasteiger partial charge < -0.3 is 14.5 Å². The molecule has 3 aromatic rings. The Kier molecular flexibility index (Phi) is 6.28. The molecule has 3 rings (SSSR count). The van der Waals surface area contributed by atoms with E-state index in [-0.39, 0.29) is 24.9 Å². The van der Waals surface area contributed by atoms with Crippen LogP contribution in [0.5, 0.6) is 5.75 Å². The van der Waals surface area contributed by atoms with E-state index in [1.165, 1.54) is 0 Å². The molecule has 1 N–H and O–H groups in total. The number of fused-ring (bicyclic) bond motifs is 1. The summed E-state index contributed by atoms with van der Waals surface area (Å²) in [5.74, 6) is -0.0696. The number of aromatic amines is 1. The molecule has 0 amide bonds. The minimum absolute atomic E-state index is 0.186. The van der Waals surface area contributed by atoms with Gasteiger partial charge in [0, 0.05) is 27.2 Å². The predicted molar refractivity (Wildman–Crippen MR) is 114 cm³/mol. The Bertz CT molecular complexity index is 1070. The average molecular weight is 414 g/mol. The second-order valence-electron chi connectivity index (χ2n) is 7.34. The van der Waals surface area contributed by atoms with E-state index in [4.69, 9.17) is 21.1 Å². The van der Waals surface area contributed by atoms with Gasteiger partial charge in [0.05, 0.1) is 0 Å². The largest absolute Gasteiger partial charge is 0.482 e. The summed E-state index contributed by atoms with van der Waals surface area (Å²) in [4.78, 5) is 27.9. The van der Waals surface area contributed by atoms with E-state index in [0.29, 0.717) is 16.3 Å². The number of aromatic nitrogens is 1. The van der Waals surface area contributed by atoms with E-state index in [1.807, 2.05) is 64.1 Å². The van der Waals surface area contributed by atoms with Gasteiger partial charge in [-0.15, -0.1) is 0 Å². The molecule has 29 heavy (non-hydrogen) atoms. The maximum Gasteiger partial charge on any atom is 0.344 e. The lowest BCUT2D eigenvalue weighted by molar-refractivity contribution is -0.144. The summed E-state index contributed by atoms with van der Waals surface area (Å²) >= 11 is 6.19. The lowest BCUT2D eigenvalue weighted by atomic mass is 10.0. The Morgan fingerprint density at radius 2 is 1.83 bits per heavy atom. The number of carbonyl (C=O) groups is 2. The number of Topliss-reactive ketones (excluding diaryl/α,β-unsaturated/α-hetero) is 1. The lowest BCUT2D eigenvalue weighted by Gasteiger charge is -2.15. The highest BCUT2D eigenvalue weighted by molar-refractivity contribution is 6.31. The number of aryl methyl sites for hydroxylation is 2. The summed E-state index contributed by atoms with van der Waals surface area (Å²) in [6.07, 6.45) is 0. The summed E-state index contributed by atoms with van der Waals surface area (Å²) in [7, 11) is 0. The van der Waals surface area contributed by atoms with Crippen molar-refractivity contribution in [3.05, 3.63) is 63.8 Å². The van der Waals surface area contributed by atoms with Crippen molar-refractivity contribution in [2.45, 2.75) is 33.6 Å². The van der Waals surface area contributed by atoms with Gasteiger partial charge in [-0.2, -0.15) is 0 Å². The third-order valence-electron chi connectivity index (χ3n) is 4.80. The van der Waals surface area contributed by atoms with Crippen molar-refractivity contribution in [3.8, 4) is 5.75 Å². The lowest BCUT2D eigenvalue weighted by Crippen LogP contribution is -2.20. The predicted octanol–water partition coefficient (Wildman–Crippen LogP) is 5.37. The number of ether oxygens (including phenoxy) is 2. The molecule has 0 radical (unpaired) electrons. The summed E-state index contributed by atoms with van der Waals surface area (Å²) < 4.78 is 10.8. The number of nitrogens with one attached hydrogen (secondary N) is 1. The van der Waals surface area contributed by atoms with Crippen molar-refractivity contribution in [2.24, 2.45) is 0 Å². The third-order valence-corrected chi connectivity index (χ3v) is 5.20. The van der Waals surface area contributed by atoms with Crippen molar-refractivity contribution >= 4 is 34.3 Å². The summed E-state index contributed by atoms with van der Waals surface area (Å²) in [6.45, 7) is 7.14. The average Bonchev–Trinajstić information content (AvgIpc) is 3.02. The smallest absolute Gasteiger partial charge is 0.344 e. The Balaban J connectivity index is 1.63. The molecule has 0 aliphatic rings. The first-order valence-electron chi connectivity index (χ1n) is 9.47. The van der Waals surface area contributed by atoms with Crippen molar-refractivity contribution in [1.29, 1.82) is 0 Å². The van der Waals surface area contributed by atoms with Crippen molar-refractivity contribution < 1.29 is 19.1 Å². The van der Waals surface area contributed by atoms with Crippen LogP contribution in [0.1, 0.15) is 46.9 Å². The standard InChI is InChI=1S/C23H24ClNO4/c1-13(2)17-10-18(24)14(3)9-21(17)28-12-22(27)29-11-20(26)23-15(4)25-19-8-6-5-7-16(19)23/h5-10,13,25H,11-12H2,1-4H3. The number of hydrogen-bond donors (Lipinski definition) is 1. The van der Waals surface area contributed by atoms with Crippen LogP contribution in [0.4, 0.5) is 0 Å². The molecular formula is C23H24ClNO4. The quantitative estimate of drug-likeness (QED) is 0.417. The van der Waals surface area contributed by atoms with Crippen LogP contribution in [0.3, 0.4) is 0 Å². The maximum absolute atomic E-state index is 12.6. The van der Waals surface area contributed by atoms with Crippen LogP contribution in [0.25, 0.3) is 10.9 Å². The number of esters is 1. The van der Waals surface area contributed by atoms with Crippen LogP contribution in [-0.4, -0.2) is 30.0 Å². The molecule has 2 aromatic carbocycles. The fraction of sp³-hybridized carbons (Fsp3) is 0.304. The van der Waals surface area contributed by atoms with E-state index in [2.05, 4.69) is 4.98 Å². The van der Waals surface area contributed by atoms with Crippen LogP contribution in [0.15, 0.2) is 36.4 Å². The topological polar surface area (TPSA) is 68.4 Å². The Morgan fingerprint density at radius 1 is 1.10 bits per heavy atom. The van der Waals surface area contributed by atoms with Gasteiger partial charge in [0.2, 0.25) is 5.78 Å². The number of halogens is 1. The molecule has 0 saturated carbocycles. The van der Waals surface area contributed by atoms with Gasteiger partial charge in [-0.1, -0.05) is 43.6 Å². The molecule has 5 nitrogen and oxygen atoms in total. The molecule has 1 heterocycles. The summed E-state index contributed by atoms with van der Waals surface area (Å²) in [6, 6.07) is 11.2. The fourth-order valence-electron chi connectivity index (χ4n) is 3.28. The fourth-order valence-corrected chi connectivity index (χ4v) is 3.45. The molecule has 0 saturated heterocycles. The molecule has 0 aliphatic carbocycles. The van der Waals surface area contributed by atoms with Gasteiger partial charge in [-0.25, -0.2) is 4.79 Å². The Hall–Kier alpha value is -2.79. The first-order valence-corrected chi connectivity index (χ1v) is 9.84. The van der Waals surface area contributed by atoms with Crippen molar-refractivity contribution in [1.82, 2.24) is 4.98 Å². The normalized spacial score (nSPS) is 11.1. The number of H-pyrrole nitrogens is 1. The first-order chi connectivity index (χ1) is 13.8. The minimum atomic E-state index is -0.599. The van der Waals surface area contributed by atoms with Crippen molar-refractivity contribution in [3.63, 3.8) is 0 Å². The van der Waals surface area contributed by atoms with Crippen LogP contribution >= 0.6 is 11.6 Å². The van der Waals surface area contributed by atoms with Crippen LogP contribution in [0, 0.1) is 13.8 Å². The van der Waals surface area contributed by atoms with Gasteiger partial charge in [0.15, 0.2) is 13.2 Å². The summed E-state index contributed by atoms with van der Waals surface area (Å²) in [5.41, 5.74) is 3.96. The molecule has 0 bridgehead atoms. The van der Waals surface area contributed by atoms with Crippen molar-refractivity contribution in [2.75, 3.05) is 13.2 Å². The molecule has 0 fully saturated rings. The maximum atomic E-state index is 12.6. The number of ketones is 1. The highest BCUT2D eigenvalue weighted by Gasteiger charge is 2.18. The van der Waals surface area contributed by atoms with Crippen LogP contribution < -0.4 is 4.74 Å². The van der Waals surface area contributed by atoms with E-state index < -0.39 is 5.97 Å².